The molecule has 2 N–H and O–H groups in total. The highest BCUT2D eigenvalue weighted by atomic mass is 16.2. The summed E-state index contributed by atoms with van der Waals surface area (Å²) >= 11 is 0. The Bertz CT molecular complexity index is 662. The van der Waals surface area contributed by atoms with E-state index in [-0.39, 0.29) is 5.91 Å². The Hall–Kier alpha value is -2.14. The Kier molecular flexibility index (Phi) is 3.75. The van der Waals surface area contributed by atoms with Crippen molar-refractivity contribution < 1.29 is 4.79 Å². The van der Waals surface area contributed by atoms with Crippen LogP contribution in [0.2, 0.25) is 0 Å². The number of pyridine rings is 1. The minimum atomic E-state index is 0.154. The summed E-state index contributed by atoms with van der Waals surface area (Å²) in [7, 11) is 0. The summed E-state index contributed by atoms with van der Waals surface area (Å²) in [6.07, 6.45) is 0. The molecule has 5 heteroatoms. The van der Waals surface area contributed by atoms with Crippen LogP contribution in [-0.2, 0) is 11.3 Å². The monoisotopic (exact) mass is 284 g/mol. The lowest BCUT2D eigenvalue weighted by atomic mass is 10.1. The van der Waals surface area contributed by atoms with Gasteiger partial charge >= 0.3 is 0 Å². The zero-order chi connectivity index (χ0) is 14.8. The SMILES string of the molecule is CC(=O)N1CCN(Cc2cc3ccccc3nc2N)CC1. The molecule has 0 aliphatic carbocycles. The van der Waals surface area contributed by atoms with E-state index in [1.807, 2.05) is 23.1 Å². The number of nitrogens with two attached hydrogens (primary N) is 1. The number of amides is 1. The van der Waals surface area contributed by atoms with Crippen molar-refractivity contribution in [3.05, 3.63) is 35.9 Å². The number of carbonyl (C=O) groups excluding carboxylic acids is 1. The number of benzene rings is 1. The van der Waals surface area contributed by atoms with E-state index in [9.17, 15) is 4.79 Å². The minimum absolute atomic E-state index is 0.154. The van der Waals surface area contributed by atoms with E-state index in [1.54, 1.807) is 6.92 Å². The highest BCUT2D eigenvalue weighted by molar-refractivity contribution is 5.81. The minimum Gasteiger partial charge on any atom is -0.383 e. The van der Waals surface area contributed by atoms with Gasteiger partial charge in [0.25, 0.3) is 0 Å². The second-order valence-corrected chi connectivity index (χ2v) is 5.51. The third-order valence-corrected chi connectivity index (χ3v) is 4.05. The average molecular weight is 284 g/mol. The lowest BCUT2D eigenvalue weighted by Crippen LogP contribution is -2.47. The van der Waals surface area contributed by atoms with Gasteiger partial charge in [-0.15, -0.1) is 0 Å². The first-order valence-electron chi connectivity index (χ1n) is 7.25. The van der Waals surface area contributed by atoms with Crippen LogP contribution in [0.25, 0.3) is 10.9 Å². The number of nitrogens with zero attached hydrogens (tertiary/aromatic N) is 3. The summed E-state index contributed by atoms with van der Waals surface area (Å²) in [5.41, 5.74) is 8.07. The molecule has 1 saturated heterocycles. The van der Waals surface area contributed by atoms with E-state index in [4.69, 9.17) is 5.73 Å². The van der Waals surface area contributed by atoms with Crippen LogP contribution in [0.5, 0.6) is 0 Å². The molecule has 0 saturated carbocycles. The Labute approximate surface area is 124 Å². The van der Waals surface area contributed by atoms with Crippen LogP contribution in [0.4, 0.5) is 5.82 Å². The molecule has 0 unspecified atom stereocenters. The molecule has 21 heavy (non-hydrogen) atoms. The first-order chi connectivity index (χ1) is 10.1. The molecule has 3 rings (SSSR count). The van der Waals surface area contributed by atoms with E-state index in [0.29, 0.717) is 5.82 Å². The molecule has 0 atom stereocenters. The van der Waals surface area contributed by atoms with Gasteiger partial charge in [-0.05, 0) is 12.1 Å². The lowest BCUT2D eigenvalue weighted by Gasteiger charge is -2.34. The summed E-state index contributed by atoms with van der Waals surface area (Å²) in [5, 5.41) is 1.11. The average Bonchev–Trinajstić information content (AvgIpc) is 2.48. The quantitative estimate of drug-likeness (QED) is 0.907. The fourth-order valence-electron chi connectivity index (χ4n) is 2.76. The van der Waals surface area contributed by atoms with Gasteiger partial charge in [-0.1, -0.05) is 18.2 Å². The van der Waals surface area contributed by atoms with Gasteiger partial charge in [0, 0.05) is 50.6 Å². The van der Waals surface area contributed by atoms with Crippen molar-refractivity contribution in [1.82, 2.24) is 14.8 Å². The Morgan fingerprint density at radius 1 is 1.24 bits per heavy atom. The number of nitrogen functional groups attached to an aromatic ring is 1. The highest BCUT2D eigenvalue weighted by Gasteiger charge is 2.19. The number of aromatic nitrogens is 1. The maximum atomic E-state index is 11.3. The maximum Gasteiger partial charge on any atom is 0.219 e. The Morgan fingerprint density at radius 2 is 1.95 bits per heavy atom. The van der Waals surface area contributed by atoms with Crippen LogP contribution in [0, 0.1) is 0 Å². The number of fused-ring (bicyclic) bond motifs is 1. The molecule has 2 heterocycles. The Morgan fingerprint density at radius 3 is 2.67 bits per heavy atom. The molecule has 1 aliphatic heterocycles. The van der Waals surface area contributed by atoms with Crippen molar-refractivity contribution in [3.8, 4) is 0 Å². The third kappa shape index (κ3) is 2.97. The highest BCUT2D eigenvalue weighted by Crippen LogP contribution is 2.20. The van der Waals surface area contributed by atoms with E-state index >= 15 is 0 Å². The molecule has 0 bridgehead atoms. The molecular formula is C16H20N4O. The molecule has 1 aliphatic rings. The topological polar surface area (TPSA) is 62.5 Å². The number of hydrogen-bond donors (Lipinski definition) is 1. The normalized spacial score (nSPS) is 16.3. The number of anilines is 1. The van der Waals surface area contributed by atoms with Gasteiger partial charge in [0.1, 0.15) is 5.82 Å². The summed E-state index contributed by atoms with van der Waals surface area (Å²) in [5.74, 6) is 0.754. The predicted molar refractivity (Wildman–Crippen MR) is 83.7 cm³/mol. The van der Waals surface area contributed by atoms with Gasteiger partial charge in [0.2, 0.25) is 5.91 Å². The van der Waals surface area contributed by atoms with Gasteiger partial charge < -0.3 is 10.6 Å². The number of para-hydroxylation sites is 1. The van der Waals surface area contributed by atoms with Gasteiger partial charge in [-0.2, -0.15) is 0 Å². The summed E-state index contributed by atoms with van der Waals surface area (Å²) in [6, 6.07) is 10.1. The first kappa shape index (κ1) is 13.8. The molecule has 2 aromatic rings. The summed E-state index contributed by atoms with van der Waals surface area (Å²) in [6.45, 7) is 5.75. The number of piperazine rings is 1. The number of carbonyl (C=O) groups is 1. The van der Waals surface area contributed by atoms with Crippen LogP contribution in [0.1, 0.15) is 12.5 Å². The van der Waals surface area contributed by atoms with Gasteiger partial charge in [-0.3, -0.25) is 9.69 Å². The van der Waals surface area contributed by atoms with Gasteiger partial charge in [0.05, 0.1) is 5.52 Å². The molecule has 5 nitrogen and oxygen atoms in total. The van der Waals surface area contributed by atoms with Crippen LogP contribution in [0.3, 0.4) is 0 Å². The lowest BCUT2D eigenvalue weighted by molar-refractivity contribution is -0.130. The molecule has 1 aromatic heterocycles. The second-order valence-electron chi connectivity index (χ2n) is 5.51. The fourth-order valence-corrected chi connectivity index (χ4v) is 2.76. The smallest absolute Gasteiger partial charge is 0.219 e. The molecule has 110 valence electrons. The standard InChI is InChI=1S/C16H20N4O/c1-12(21)20-8-6-19(7-9-20)11-14-10-13-4-2-3-5-15(13)18-16(14)17/h2-5,10H,6-9,11H2,1H3,(H2,17,18). The van der Waals surface area contributed by atoms with E-state index in [2.05, 4.69) is 22.0 Å². The fraction of sp³-hybridized carbons (Fsp3) is 0.375. The van der Waals surface area contributed by atoms with Crippen molar-refractivity contribution in [2.75, 3.05) is 31.9 Å². The van der Waals surface area contributed by atoms with Crippen molar-refractivity contribution in [2.24, 2.45) is 0 Å². The maximum absolute atomic E-state index is 11.3. The van der Waals surface area contributed by atoms with Crippen molar-refractivity contribution in [2.45, 2.75) is 13.5 Å². The summed E-state index contributed by atoms with van der Waals surface area (Å²) < 4.78 is 0. The van der Waals surface area contributed by atoms with Crippen molar-refractivity contribution >= 4 is 22.6 Å². The third-order valence-electron chi connectivity index (χ3n) is 4.05. The van der Waals surface area contributed by atoms with Crippen LogP contribution in [-0.4, -0.2) is 46.9 Å². The molecular weight excluding hydrogens is 264 g/mol. The van der Waals surface area contributed by atoms with Crippen molar-refractivity contribution in [3.63, 3.8) is 0 Å². The molecule has 0 radical (unpaired) electrons. The number of hydrogen-bond acceptors (Lipinski definition) is 4. The predicted octanol–water partition coefficient (Wildman–Crippen LogP) is 1.48. The summed E-state index contributed by atoms with van der Waals surface area (Å²) in [4.78, 5) is 20.0. The first-order valence-corrected chi connectivity index (χ1v) is 7.25. The molecule has 1 aromatic carbocycles. The van der Waals surface area contributed by atoms with E-state index in [0.717, 1.165) is 49.2 Å². The van der Waals surface area contributed by atoms with Crippen molar-refractivity contribution in [1.29, 1.82) is 0 Å². The molecule has 1 fully saturated rings. The van der Waals surface area contributed by atoms with Crippen LogP contribution >= 0.6 is 0 Å². The van der Waals surface area contributed by atoms with E-state index < -0.39 is 0 Å². The van der Waals surface area contributed by atoms with Crippen LogP contribution < -0.4 is 5.73 Å². The molecule has 1 amide bonds. The van der Waals surface area contributed by atoms with Crippen LogP contribution in [0.15, 0.2) is 30.3 Å². The zero-order valence-corrected chi connectivity index (χ0v) is 12.2. The zero-order valence-electron chi connectivity index (χ0n) is 12.2. The molecule has 0 spiro atoms. The van der Waals surface area contributed by atoms with Gasteiger partial charge in [0.15, 0.2) is 0 Å². The van der Waals surface area contributed by atoms with Gasteiger partial charge in [-0.25, -0.2) is 4.98 Å². The Balaban J connectivity index is 1.73. The largest absolute Gasteiger partial charge is 0.383 e. The second kappa shape index (κ2) is 5.69. The number of rotatable bonds is 2. The van der Waals surface area contributed by atoms with E-state index in [1.165, 1.54) is 0 Å².